The largest absolute Gasteiger partial charge is 0.380 e. The van der Waals surface area contributed by atoms with Gasteiger partial charge < -0.3 is 10.5 Å². The zero-order valence-electron chi connectivity index (χ0n) is 8.57. The van der Waals surface area contributed by atoms with Gasteiger partial charge in [-0.1, -0.05) is 24.3 Å². The van der Waals surface area contributed by atoms with Gasteiger partial charge in [0.15, 0.2) is 0 Å². The van der Waals surface area contributed by atoms with E-state index in [-0.39, 0.29) is 6.04 Å². The molecule has 0 aromatic heterocycles. The van der Waals surface area contributed by atoms with Crippen molar-refractivity contribution in [3.8, 4) is 0 Å². The molecule has 0 bridgehead atoms. The molecule has 2 heteroatoms. The van der Waals surface area contributed by atoms with Crippen molar-refractivity contribution in [1.82, 2.24) is 0 Å². The van der Waals surface area contributed by atoms with Crippen molar-refractivity contribution in [2.75, 3.05) is 13.2 Å². The van der Waals surface area contributed by atoms with E-state index in [1.54, 1.807) is 0 Å². The Kier molecular flexibility index (Phi) is 2.85. The molecule has 1 fully saturated rings. The fourth-order valence-electron chi connectivity index (χ4n) is 2.15. The van der Waals surface area contributed by atoms with Crippen LogP contribution in [-0.2, 0) is 4.74 Å². The van der Waals surface area contributed by atoms with Gasteiger partial charge in [-0.3, -0.25) is 0 Å². The minimum absolute atomic E-state index is 0.157. The molecule has 14 heavy (non-hydrogen) atoms. The Hall–Kier alpha value is -0.860. The van der Waals surface area contributed by atoms with E-state index < -0.39 is 0 Å². The molecular weight excluding hydrogens is 174 g/mol. The number of nitrogens with two attached hydrogens (primary N) is 1. The molecule has 0 radical (unpaired) electrons. The van der Waals surface area contributed by atoms with Crippen molar-refractivity contribution in [3.63, 3.8) is 0 Å². The van der Waals surface area contributed by atoms with E-state index in [0.717, 1.165) is 13.0 Å². The zero-order chi connectivity index (χ0) is 9.97. The molecule has 1 saturated heterocycles. The molecule has 2 atom stereocenters. The Morgan fingerprint density at radius 2 is 2.14 bits per heavy atom. The number of benzene rings is 1. The van der Waals surface area contributed by atoms with E-state index in [4.69, 9.17) is 10.5 Å². The van der Waals surface area contributed by atoms with Crippen LogP contribution in [0, 0.1) is 6.92 Å². The first-order valence-corrected chi connectivity index (χ1v) is 5.18. The Balaban J connectivity index is 2.25. The van der Waals surface area contributed by atoms with Gasteiger partial charge in [0.25, 0.3) is 0 Å². The molecule has 1 aliphatic heterocycles. The SMILES string of the molecule is Cc1ccccc1C1CCOCC1N. The monoisotopic (exact) mass is 191 g/mol. The van der Waals surface area contributed by atoms with Gasteiger partial charge in [-0.05, 0) is 24.5 Å². The first-order chi connectivity index (χ1) is 6.79. The standard InChI is InChI=1S/C12H17NO/c1-9-4-2-3-5-10(9)11-6-7-14-8-12(11)13/h2-5,11-12H,6-8,13H2,1H3. The van der Waals surface area contributed by atoms with Crippen LogP contribution < -0.4 is 5.73 Å². The molecule has 1 aromatic carbocycles. The summed E-state index contributed by atoms with van der Waals surface area (Å²) in [5.41, 5.74) is 8.79. The fourth-order valence-corrected chi connectivity index (χ4v) is 2.15. The molecule has 2 N–H and O–H groups in total. The zero-order valence-corrected chi connectivity index (χ0v) is 8.57. The van der Waals surface area contributed by atoms with Crippen LogP contribution in [0.4, 0.5) is 0 Å². The van der Waals surface area contributed by atoms with E-state index in [9.17, 15) is 0 Å². The van der Waals surface area contributed by atoms with Gasteiger partial charge >= 0.3 is 0 Å². The van der Waals surface area contributed by atoms with E-state index in [2.05, 4.69) is 31.2 Å². The summed E-state index contributed by atoms with van der Waals surface area (Å²) in [7, 11) is 0. The van der Waals surface area contributed by atoms with Crippen molar-refractivity contribution in [3.05, 3.63) is 35.4 Å². The van der Waals surface area contributed by atoms with Gasteiger partial charge in [0.05, 0.1) is 6.61 Å². The van der Waals surface area contributed by atoms with Crippen LogP contribution in [-0.4, -0.2) is 19.3 Å². The molecule has 2 nitrogen and oxygen atoms in total. The van der Waals surface area contributed by atoms with E-state index in [0.29, 0.717) is 12.5 Å². The van der Waals surface area contributed by atoms with Gasteiger partial charge in [-0.15, -0.1) is 0 Å². The third kappa shape index (κ3) is 1.81. The molecule has 2 unspecified atom stereocenters. The number of ether oxygens (including phenoxy) is 1. The maximum Gasteiger partial charge on any atom is 0.0623 e. The molecule has 1 aliphatic rings. The van der Waals surface area contributed by atoms with Crippen LogP contribution in [0.25, 0.3) is 0 Å². The summed E-state index contributed by atoms with van der Waals surface area (Å²) in [6.45, 7) is 3.68. The summed E-state index contributed by atoms with van der Waals surface area (Å²) in [5, 5.41) is 0. The molecule has 0 spiro atoms. The summed E-state index contributed by atoms with van der Waals surface area (Å²) in [6.07, 6.45) is 1.05. The van der Waals surface area contributed by atoms with Gasteiger partial charge in [0.1, 0.15) is 0 Å². The van der Waals surface area contributed by atoms with Crippen LogP contribution in [0.2, 0.25) is 0 Å². The molecule has 76 valence electrons. The first-order valence-electron chi connectivity index (χ1n) is 5.18. The number of hydrogen-bond acceptors (Lipinski definition) is 2. The summed E-state index contributed by atoms with van der Waals surface area (Å²) in [4.78, 5) is 0. The maximum absolute atomic E-state index is 6.05. The second kappa shape index (κ2) is 4.11. The second-order valence-corrected chi connectivity index (χ2v) is 3.99. The maximum atomic E-state index is 6.05. The van der Waals surface area contributed by atoms with Crippen LogP contribution in [0.3, 0.4) is 0 Å². The van der Waals surface area contributed by atoms with Crippen LogP contribution in [0.5, 0.6) is 0 Å². The lowest BCUT2D eigenvalue weighted by Gasteiger charge is -2.30. The number of hydrogen-bond donors (Lipinski definition) is 1. The quantitative estimate of drug-likeness (QED) is 0.735. The number of rotatable bonds is 1. The van der Waals surface area contributed by atoms with Crippen molar-refractivity contribution >= 4 is 0 Å². The molecule has 1 heterocycles. The number of aryl methyl sites for hydroxylation is 1. The van der Waals surface area contributed by atoms with Crippen LogP contribution in [0.15, 0.2) is 24.3 Å². The van der Waals surface area contributed by atoms with Gasteiger partial charge in [-0.25, -0.2) is 0 Å². The second-order valence-electron chi connectivity index (χ2n) is 3.99. The highest BCUT2D eigenvalue weighted by Gasteiger charge is 2.24. The van der Waals surface area contributed by atoms with Crippen molar-refractivity contribution < 1.29 is 4.74 Å². The first kappa shape index (κ1) is 9.69. The lowest BCUT2D eigenvalue weighted by atomic mass is 9.86. The minimum Gasteiger partial charge on any atom is -0.380 e. The predicted octanol–water partition coefficient (Wildman–Crippen LogP) is 1.83. The van der Waals surface area contributed by atoms with Gasteiger partial charge in [-0.2, -0.15) is 0 Å². The highest BCUT2D eigenvalue weighted by atomic mass is 16.5. The third-order valence-electron chi connectivity index (χ3n) is 2.99. The van der Waals surface area contributed by atoms with Gasteiger partial charge in [0.2, 0.25) is 0 Å². The van der Waals surface area contributed by atoms with E-state index in [1.807, 2.05) is 0 Å². The average Bonchev–Trinajstić information content (AvgIpc) is 2.20. The topological polar surface area (TPSA) is 35.2 Å². The van der Waals surface area contributed by atoms with Crippen molar-refractivity contribution in [1.29, 1.82) is 0 Å². The van der Waals surface area contributed by atoms with Crippen molar-refractivity contribution in [2.45, 2.75) is 25.3 Å². The molecular formula is C12H17NO. The Bertz CT molecular complexity index is 311. The van der Waals surface area contributed by atoms with E-state index >= 15 is 0 Å². The lowest BCUT2D eigenvalue weighted by Crippen LogP contribution is -2.38. The van der Waals surface area contributed by atoms with Crippen LogP contribution in [0.1, 0.15) is 23.5 Å². The van der Waals surface area contributed by atoms with Crippen LogP contribution >= 0.6 is 0 Å². The molecule has 0 amide bonds. The Morgan fingerprint density at radius 1 is 1.36 bits per heavy atom. The molecule has 0 aliphatic carbocycles. The molecule has 1 aromatic rings. The molecule has 2 rings (SSSR count). The lowest BCUT2D eigenvalue weighted by molar-refractivity contribution is 0.0695. The average molecular weight is 191 g/mol. The predicted molar refractivity (Wildman–Crippen MR) is 57.3 cm³/mol. The summed E-state index contributed by atoms with van der Waals surface area (Å²) >= 11 is 0. The summed E-state index contributed by atoms with van der Waals surface area (Å²) in [5.74, 6) is 0.477. The fraction of sp³-hybridized carbons (Fsp3) is 0.500. The summed E-state index contributed by atoms with van der Waals surface area (Å²) in [6, 6.07) is 8.65. The normalized spacial score (nSPS) is 27.6. The van der Waals surface area contributed by atoms with E-state index in [1.165, 1.54) is 11.1 Å². The summed E-state index contributed by atoms with van der Waals surface area (Å²) < 4.78 is 5.35. The third-order valence-corrected chi connectivity index (χ3v) is 2.99. The minimum atomic E-state index is 0.157. The highest BCUT2D eigenvalue weighted by Crippen LogP contribution is 2.28. The molecule has 0 saturated carbocycles. The smallest absolute Gasteiger partial charge is 0.0623 e. The Morgan fingerprint density at radius 3 is 2.86 bits per heavy atom. The van der Waals surface area contributed by atoms with Crippen molar-refractivity contribution in [2.24, 2.45) is 5.73 Å². The van der Waals surface area contributed by atoms with Gasteiger partial charge in [0, 0.05) is 18.6 Å². The Labute approximate surface area is 85.1 Å². The highest BCUT2D eigenvalue weighted by molar-refractivity contribution is 5.30.